The van der Waals surface area contributed by atoms with Crippen molar-refractivity contribution >= 4 is 33.4 Å². The van der Waals surface area contributed by atoms with Crippen molar-refractivity contribution in [2.45, 2.75) is 45.3 Å². The lowest BCUT2D eigenvalue weighted by Gasteiger charge is -2.35. The maximum absolute atomic E-state index is 14.2. The summed E-state index contributed by atoms with van der Waals surface area (Å²) < 4.78 is 19.8. The van der Waals surface area contributed by atoms with Gasteiger partial charge < -0.3 is 25.8 Å². The number of piperidine rings is 1. The van der Waals surface area contributed by atoms with Crippen LogP contribution in [-0.2, 0) is 4.74 Å². The number of halogens is 2. The molecule has 2 aromatic carbocycles. The zero-order chi connectivity index (χ0) is 23.6. The summed E-state index contributed by atoms with van der Waals surface area (Å²) in [7, 11) is 0. The fraction of sp³-hybridized carbons (Fsp3) is 0.391. The molecule has 0 unspecified atom stereocenters. The summed E-state index contributed by atoms with van der Waals surface area (Å²) in [4.78, 5) is 14.1. The lowest BCUT2D eigenvalue weighted by Crippen LogP contribution is -2.46. The predicted molar refractivity (Wildman–Crippen MR) is 125 cm³/mol. The number of amides is 1. The number of alkyl carbamates (subject to hydrolysis) is 1. The second-order valence-electron chi connectivity index (χ2n) is 8.73. The van der Waals surface area contributed by atoms with Gasteiger partial charge in [-0.15, -0.1) is 0 Å². The van der Waals surface area contributed by atoms with Gasteiger partial charge >= 0.3 is 6.09 Å². The topological polar surface area (TPSA) is 112 Å². The smallest absolute Gasteiger partial charge is 0.407 e. The summed E-state index contributed by atoms with van der Waals surface area (Å²) in [5.74, 6) is -0.764. The number of anilines is 2. The monoisotopic (exact) mass is 504 g/mol. The minimum Gasteiger partial charge on any atom is -0.505 e. The van der Waals surface area contributed by atoms with Gasteiger partial charge in [0.2, 0.25) is 0 Å². The molecule has 0 aliphatic carbocycles. The van der Waals surface area contributed by atoms with E-state index in [0.717, 1.165) is 0 Å². The van der Waals surface area contributed by atoms with Gasteiger partial charge in [-0.2, -0.15) is 5.26 Å². The molecule has 1 aliphatic rings. The number of nitrogens with one attached hydrogen (secondary N) is 1. The van der Waals surface area contributed by atoms with Crippen LogP contribution in [0, 0.1) is 17.1 Å². The molecule has 1 heterocycles. The fourth-order valence-electron chi connectivity index (χ4n) is 3.63. The Morgan fingerprint density at radius 2 is 2.00 bits per heavy atom. The first kappa shape index (κ1) is 23.7. The van der Waals surface area contributed by atoms with E-state index in [-0.39, 0.29) is 23.0 Å². The van der Waals surface area contributed by atoms with Crippen LogP contribution in [0.1, 0.15) is 39.2 Å². The van der Waals surface area contributed by atoms with Crippen LogP contribution in [0.2, 0.25) is 0 Å². The molecule has 0 radical (unpaired) electrons. The van der Waals surface area contributed by atoms with Gasteiger partial charge in [0.1, 0.15) is 17.5 Å². The van der Waals surface area contributed by atoms with Crippen molar-refractivity contribution < 1.29 is 19.0 Å². The van der Waals surface area contributed by atoms with Crippen molar-refractivity contribution in [3.63, 3.8) is 0 Å². The van der Waals surface area contributed by atoms with E-state index in [1.807, 2.05) is 25.7 Å². The number of hydrogen-bond donors (Lipinski definition) is 3. The maximum atomic E-state index is 14.2. The molecule has 0 aromatic heterocycles. The van der Waals surface area contributed by atoms with E-state index < -0.39 is 17.5 Å². The largest absolute Gasteiger partial charge is 0.505 e. The van der Waals surface area contributed by atoms with Crippen LogP contribution in [0.15, 0.2) is 28.7 Å². The standard InChI is InChI=1S/C23H26BrFN4O3/c1-23(2,3)32-22(31)28-15-6-8-29(9-7-15)18-11-16(19(24)21(30)20(18)27)13-4-5-14(12-26)17(25)10-13/h4-5,10-11,15,30H,6-9,27H2,1-3H3,(H,28,31). The van der Waals surface area contributed by atoms with Gasteiger partial charge in [-0.3, -0.25) is 0 Å². The zero-order valence-corrected chi connectivity index (χ0v) is 19.8. The van der Waals surface area contributed by atoms with Crippen LogP contribution in [0.5, 0.6) is 5.75 Å². The number of ether oxygens (including phenoxy) is 1. The molecule has 1 fully saturated rings. The molecule has 9 heteroatoms. The number of nitrogen functional groups attached to an aromatic ring is 1. The first-order valence-corrected chi connectivity index (χ1v) is 11.0. The van der Waals surface area contributed by atoms with Crippen LogP contribution in [0.4, 0.5) is 20.6 Å². The van der Waals surface area contributed by atoms with Crippen molar-refractivity contribution in [3.8, 4) is 22.9 Å². The molecular formula is C23H26BrFN4O3. The highest BCUT2D eigenvalue weighted by atomic mass is 79.9. The Morgan fingerprint density at radius 1 is 1.34 bits per heavy atom. The zero-order valence-electron chi connectivity index (χ0n) is 18.2. The number of rotatable bonds is 3. The van der Waals surface area contributed by atoms with E-state index in [4.69, 9.17) is 15.7 Å². The lowest BCUT2D eigenvalue weighted by molar-refractivity contribution is 0.0497. The van der Waals surface area contributed by atoms with Gasteiger partial charge in [-0.05, 0) is 73.3 Å². The van der Waals surface area contributed by atoms with Crippen molar-refractivity contribution in [3.05, 3.63) is 40.1 Å². The molecule has 4 N–H and O–H groups in total. The fourth-order valence-corrected chi connectivity index (χ4v) is 4.19. The summed E-state index contributed by atoms with van der Waals surface area (Å²) in [6, 6.07) is 7.85. The Labute approximate surface area is 195 Å². The lowest BCUT2D eigenvalue weighted by atomic mass is 9.99. The van der Waals surface area contributed by atoms with Crippen LogP contribution in [0.3, 0.4) is 0 Å². The number of carbonyl (C=O) groups excluding carboxylic acids is 1. The van der Waals surface area contributed by atoms with Crippen LogP contribution < -0.4 is 16.0 Å². The molecule has 170 valence electrons. The van der Waals surface area contributed by atoms with Crippen molar-refractivity contribution in [2.24, 2.45) is 0 Å². The molecule has 32 heavy (non-hydrogen) atoms. The van der Waals surface area contributed by atoms with E-state index in [0.29, 0.717) is 47.2 Å². The van der Waals surface area contributed by atoms with E-state index in [1.54, 1.807) is 18.2 Å². The SMILES string of the molecule is CC(C)(C)OC(=O)NC1CCN(c2cc(-c3ccc(C#N)c(F)c3)c(Br)c(O)c2N)CC1. The third-order valence-corrected chi connectivity index (χ3v) is 6.02. The van der Waals surface area contributed by atoms with Gasteiger partial charge in [-0.25, -0.2) is 9.18 Å². The maximum Gasteiger partial charge on any atom is 0.407 e. The Balaban J connectivity index is 1.80. The Morgan fingerprint density at radius 3 is 2.56 bits per heavy atom. The number of phenolic OH excluding ortho intramolecular Hbond substituents is 1. The molecule has 2 aromatic rings. The Kier molecular flexibility index (Phi) is 6.84. The molecule has 1 saturated heterocycles. The quantitative estimate of drug-likeness (QED) is 0.404. The molecule has 0 spiro atoms. The van der Waals surface area contributed by atoms with Gasteiger partial charge in [0.05, 0.1) is 21.4 Å². The average molecular weight is 505 g/mol. The summed E-state index contributed by atoms with van der Waals surface area (Å²) in [5, 5.41) is 22.4. The van der Waals surface area contributed by atoms with Gasteiger partial charge in [0.25, 0.3) is 0 Å². The van der Waals surface area contributed by atoms with E-state index >= 15 is 0 Å². The second-order valence-corrected chi connectivity index (χ2v) is 9.53. The summed E-state index contributed by atoms with van der Waals surface area (Å²) >= 11 is 3.35. The molecule has 1 aliphatic heterocycles. The average Bonchev–Trinajstić information content (AvgIpc) is 2.71. The van der Waals surface area contributed by atoms with Crippen molar-refractivity contribution in [2.75, 3.05) is 23.7 Å². The number of nitrogens with zero attached hydrogens (tertiary/aromatic N) is 2. The molecular weight excluding hydrogens is 479 g/mol. The highest BCUT2D eigenvalue weighted by Gasteiger charge is 2.26. The first-order valence-electron chi connectivity index (χ1n) is 10.3. The van der Waals surface area contributed by atoms with E-state index in [2.05, 4.69) is 21.2 Å². The van der Waals surface area contributed by atoms with Crippen molar-refractivity contribution in [1.82, 2.24) is 5.32 Å². The van der Waals surface area contributed by atoms with Crippen LogP contribution >= 0.6 is 15.9 Å². The third-order valence-electron chi connectivity index (χ3n) is 5.21. The van der Waals surface area contributed by atoms with Crippen molar-refractivity contribution in [1.29, 1.82) is 5.26 Å². The number of hydrogen-bond acceptors (Lipinski definition) is 6. The number of nitrogens with two attached hydrogens (primary N) is 1. The van der Waals surface area contributed by atoms with Gasteiger partial charge in [0.15, 0.2) is 5.75 Å². The minimum atomic E-state index is -0.635. The van der Waals surface area contributed by atoms with Gasteiger partial charge in [0, 0.05) is 24.7 Å². The Bertz CT molecular complexity index is 1070. The summed E-state index contributed by atoms with van der Waals surface area (Å²) in [6.07, 6.45) is 0.911. The Hall–Kier alpha value is -2.99. The second kappa shape index (κ2) is 9.25. The van der Waals surface area contributed by atoms with Gasteiger partial charge in [-0.1, -0.05) is 6.07 Å². The molecule has 0 saturated carbocycles. The normalized spacial score (nSPS) is 14.7. The summed E-state index contributed by atoms with van der Waals surface area (Å²) in [5.41, 5.74) is 7.49. The number of phenols is 1. The predicted octanol–water partition coefficient (Wildman–Crippen LogP) is 4.91. The minimum absolute atomic E-state index is 0.0292. The van der Waals surface area contributed by atoms with Crippen LogP contribution in [0.25, 0.3) is 11.1 Å². The molecule has 0 atom stereocenters. The molecule has 0 bridgehead atoms. The number of nitriles is 1. The van der Waals surface area contributed by atoms with Crippen LogP contribution in [-0.4, -0.2) is 35.9 Å². The highest BCUT2D eigenvalue weighted by Crippen LogP contribution is 2.45. The van der Waals surface area contributed by atoms with E-state index in [9.17, 15) is 14.3 Å². The summed E-state index contributed by atoms with van der Waals surface area (Å²) in [6.45, 7) is 6.65. The third kappa shape index (κ3) is 5.25. The molecule has 7 nitrogen and oxygen atoms in total. The van der Waals surface area contributed by atoms with E-state index in [1.165, 1.54) is 12.1 Å². The number of carbonyl (C=O) groups is 1. The molecule has 1 amide bonds. The highest BCUT2D eigenvalue weighted by molar-refractivity contribution is 9.10. The number of benzene rings is 2. The first-order chi connectivity index (χ1) is 15.0. The molecule has 3 rings (SSSR count). The number of aromatic hydroxyl groups is 1.